The van der Waals surface area contributed by atoms with Crippen molar-refractivity contribution in [3.05, 3.63) is 77.8 Å². The lowest BCUT2D eigenvalue weighted by Gasteiger charge is -2.17. The van der Waals surface area contributed by atoms with E-state index in [1.54, 1.807) is 18.5 Å². The highest BCUT2D eigenvalue weighted by atomic mass is 19.2. The van der Waals surface area contributed by atoms with Crippen molar-refractivity contribution in [2.45, 2.75) is 6.42 Å². The molecule has 0 spiro atoms. The van der Waals surface area contributed by atoms with Crippen LogP contribution in [0.4, 0.5) is 20.3 Å². The largest absolute Gasteiger partial charge is 0.358 e. The van der Waals surface area contributed by atoms with Gasteiger partial charge in [-0.25, -0.2) is 8.78 Å². The SMILES string of the molecule is CN(CCc1ccncc1)c1ccc(C(=O)Nc2ccc(F)c(F)c2)nn1. The average molecular weight is 369 g/mol. The number of likely N-dealkylation sites (N-methyl/N-ethyl adjacent to an activating group) is 1. The molecule has 8 heteroatoms. The Morgan fingerprint density at radius 2 is 1.81 bits per heavy atom. The Bertz CT molecular complexity index is 919. The number of carbonyl (C=O) groups is 1. The van der Waals surface area contributed by atoms with Gasteiger partial charge < -0.3 is 10.2 Å². The Kier molecular flexibility index (Phi) is 5.65. The average Bonchev–Trinajstić information content (AvgIpc) is 2.70. The molecule has 0 aliphatic rings. The minimum Gasteiger partial charge on any atom is -0.358 e. The molecule has 138 valence electrons. The van der Waals surface area contributed by atoms with Gasteiger partial charge in [-0.2, -0.15) is 0 Å². The maximum absolute atomic E-state index is 13.2. The molecule has 0 fully saturated rings. The first-order chi connectivity index (χ1) is 13.0. The fraction of sp³-hybridized carbons (Fsp3) is 0.158. The number of aromatic nitrogens is 3. The Balaban J connectivity index is 1.60. The molecule has 1 amide bonds. The predicted molar refractivity (Wildman–Crippen MR) is 97.6 cm³/mol. The third-order valence-corrected chi connectivity index (χ3v) is 3.94. The van der Waals surface area contributed by atoms with Crippen molar-refractivity contribution in [3.63, 3.8) is 0 Å². The first kappa shape index (κ1) is 18.4. The van der Waals surface area contributed by atoms with E-state index in [9.17, 15) is 13.6 Å². The molecule has 0 saturated heterocycles. The Morgan fingerprint density at radius 1 is 1.04 bits per heavy atom. The van der Waals surface area contributed by atoms with Crippen LogP contribution >= 0.6 is 0 Å². The second-order valence-electron chi connectivity index (χ2n) is 5.89. The number of hydrogen-bond acceptors (Lipinski definition) is 5. The normalized spacial score (nSPS) is 10.5. The fourth-order valence-electron chi connectivity index (χ4n) is 2.38. The van der Waals surface area contributed by atoms with Crippen LogP contribution in [0.15, 0.2) is 54.9 Å². The molecule has 2 heterocycles. The summed E-state index contributed by atoms with van der Waals surface area (Å²) in [6, 6.07) is 10.2. The summed E-state index contributed by atoms with van der Waals surface area (Å²) in [7, 11) is 1.88. The van der Waals surface area contributed by atoms with Gasteiger partial charge in [-0.15, -0.1) is 10.2 Å². The molecular formula is C19H17F2N5O. The van der Waals surface area contributed by atoms with Crippen molar-refractivity contribution in [1.29, 1.82) is 0 Å². The van der Waals surface area contributed by atoms with E-state index in [4.69, 9.17) is 0 Å². The van der Waals surface area contributed by atoms with E-state index < -0.39 is 17.5 Å². The van der Waals surface area contributed by atoms with Crippen molar-refractivity contribution >= 4 is 17.4 Å². The molecule has 0 unspecified atom stereocenters. The van der Waals surface area contributed by atoms with Gasteiger partial charge >= 0.3 is 0 Å². The summed E-state index contributed by atoms with van der Waals surface area (Å²) < 4.78 is 26.1. The van der Waals surface area contributed by atoms with Gasteiger partial charge in [-0.3, -0.25) is 9.78 Å². The molecule has 6 nitrogen and oxygen atoms in total. The number of nitrogens with zero attached hydrogens (tertiary/aromatic N) is 4. The smallest absolute Gasteiger partial charge is 0.276 e. The Labute approximate surface area is 154 Å². The zero-order valence-corrected chi connectivity index (χ0v) is 14.6. The van der Waals surface area contributed by atoms with Crippen LogP contribution in [0.1, 0.15) is 16.1 Å². The van der Waals surface area contributed by atoms with Crippen molar-refractivity contribution in [2.75, 3.05) is 23.8 Å². The number of nitrogens with one attached hydrogen (secondary N) is 1. The monoisotopic (exact) mass is 369 g/mol. The van der Waals surface area contributed by atoms with Crippen LogP contribution in [-0.4, -0.2) is 34.7 Å². The van der Waals surface area contributed by atoms with Crippen molar-refractivity contribution < 1.29 is 13.6 Å². The van der Waals surface area contributed by atoms with E-state index in [1.807, 2.05) is 24.1 Å². The number of halogens is 2. The van der Waals surface area contributed by atoms with Gasteiger partial charge in [0.2, 0.25) is 0 Å². The van der Waals surface area contributed by atoms with Crippen molar-refractivity contribution in [2.24, 2.45) is 0 Å². The van der Waals surface area contributed by atoms with E-state index in [0.717, 1.165) is 30.7 Å². The quantitative estimate of drug-likeness (QED) is 0.723. The minimum absolute atomic E-state index is 0.0750. The highest BCUT2D eigenvalue weighted by molar-refractivity contribution is 6.02. The Hall–Kier alpha value is -3.42. The van der Waals surface area contributed by atoms with E-state index in [2.05, 4.69) is 20.5 Å². The van der Waals surface area contributed by atoms with Crippen LogP contribution < -0.4 is 10.2 Å². The molecule has 0 saturated carbocycles. The van der Waals surface area contributed by atoms with Crippen LogP contribution in [0, 0.1) is 11.6 Å². The zero-order valence-electron chi connectivity index (χ0n) is 14.6. The Morgan fingerprint density at radius 3 is 2.48 bits per heavy atom. The lowest BCUT2D eigenvalue weighted by atomic mass is 10.2. The second kappa shape index (κ2) is 8.31. The highest BCUT2D eigenvalue weighted by Crippen LogP contribution is 2.14. The number of hydrogen-bond donors (Lipinski definition) is 1. The van der Waals surface area contributed by atoms with E-state index in [0.29, 0.717) is 5.82 Å². The summed E-state index contributed by atoms with van der Waals surface area (Å²) in [4.78, 5) is 18.1. The summed E-state index contributed by atoms with van der Waals surface area (Å²) in [6.07, 6.45) is 4.31. The van der Waals surface area contributed by atoms with E-state index in [-0.39, 0.29) is 11.4 Å². The highest BCUT2D eigenvalue weighted by Gasteiger charge is 2.12. The van der Waals surface area contributed by atoms with Gasteiger partial charge in [-0.1, -0.05) is 0 Å². The lowest BCUT2D eigenvalue weighted by molar-refractivity contribution is 0.102. The van der Waals surface area contributed by atoms with Gasteiger partial charge in [0.15, 0.2) is 23.1 Å². The molecule has 3 aromatic rings. The maximum Gasteiger partial charge on any atom is 0.276 e. The molecule has 27 heavy (non-hydrogen) atoms. The number of rotatable bonds is 6. The van der Waals surface area contributed by atoms with Crippen molar-refractivity contribution in [3.8, 4) is 0 Å². The predicted octanol–water partition coefficient (Wildman–Crippen LogP) is 3.08. The standard InChI is InChI=1S/C19H17F2N5O/c1-26(11-8-13-6-9-22-10-7-13)18-5-4-17(24-25-18)19(27)23-14-2-3-15(20)16(21)12-14/h2-7,9-10,12H,8,11H2,1H3,(H,23,27). The molecule has 0 atom stereocenters. The van der Waals surface area contributed by atoms with Crippen LogP contribution in [0.2, 0.25) is 0 Å². The molecule has 0 aliphatic carbocycles. The van der Waals surface area contributed by atoms with E-state index >= 15 is 0 Å². The van der Waals surface area contributed by atoms with E-state index in [1.165, 1.54) is 12.1 Å². The molecule has 0 bridgehead atoms. The van der Waals surface area contributed by atoms with Crippen LogP contribution in [-0.2, 0) is 6.42 Å². The van der Waals surface area contributed by atoms with Gasteiger partial charge in [0.25, 0.3) is 5.91 Å². The van der Waals surface area contributed by atoms with Gasteiger partial charge in [0.05, 0.1) is 0 Å². The summed E-state index contributed by atoms with van der Waals surface area (Å²) in [6.45, 7) is 0.721. The zero-order chi connectivity index (χ0) is 19.2. The minimum atomic E-state index is -1.04. The summed E-state index contributed by atoms with van der Waals surface area (Å²) in [5.74, 6) is -1.95. The molecule has 0 radical (unpaired) electrons. The first-order valence-corrected chi connectivity index (χ1v) is 8.23. The topological polar surface area (TPSA) is 71.0 Å². The third-order valence-electron chi connectivity index (χ3n) is 3.94. The molecule has 3 rings (SSSR count). The molecular weight excluding hydrogens is 352 g/mol. The maximum atomic E-state index is 13.2. The van der Waals surface area contributed by atoms with Crippen LogP contribution in [0.3, 0.4) is 0 Å². The number of pyridine rings is 1. The molecule has 2 aromatic heterocycles. The van der Waals surface area contributed by atoms with Crippen LogP contribution in [0.5, 0.6) is 0 Å². The molecule has 1 aromatic carbocycles. The van der Waals surface area contributed by atoms with Gasteiger partial charge in [-0.05, 0) is 48.4 Å². The number of carbonyl (C=O) groups excluding carboxylic acids is 1. The fourth-order valence-corrected chi connectivity index (χ4v) is 2.38. The van der Waals surface area contributed by atoms with Gasteiger partial charge in [0, 0.05) is 37.7 Å². The first-order valence-electron chi connectivity index (χ1n) is 8.23. The summed E-state index contributed by atoms with van der Waals surface area (Å²) in [5, 5.41) is 10.4. The van der Waals surface area contributed by atoms with Crippen molar-refractivity contribution in [1.82, 2.24) is 15.2 Å². The lowest BCUT2D eigenvalue weighted by Crippen LogP contribution is -2.22. The van der Waals surface area contributed by atoms with Crippen LogP contribution in [0.25, 0.3) is 0 Å². The summed E-state index contributed by atoms with van der Waals surface area (Å²) in [5.41, 5.74) is 1.37. The number of benzene rings is 1. The number of amides is 1. The molecule has 0 aliphatic heterocycles. The molecule has 1 N–H and O–H groups in total. The number of anilines is 2. The third kappa shape index (κ3) is 4.81. The van der Waals surface area contributed by atoms with Gasteiger partial charge in [0.1, 0.15) is 0 Å². The summed E-state index contributed by atoms with van der Waals surface area (Å²) >= 11 is 0. The second-order valence-corrected chi connectivity index (χ2v) is 5.89.